The number of likely N-dealkylation sites (tertiary alicyclic amines) is 1. The van der Waals surface area contributed by atoms with E-state index in [0.717, 1.165) is 39.3 Å². The van der Waals surface area contributed by atoms with Gasteiger partial charge in [0.25, 0.3) is 0 Å². The van der Waals surface area contributed by atoms with Crippen LogP contribution in [-0.2, 0) is 24.9 Å². The highest BCUT2D eigenvalue weighted by Crippen LogP contribution is 2.25. The Morgan fingerprint density at radius 2 is 2.00 bits per heavy atom. The van der Waals surface area contributed by atoms with Gasteiger partial charge in [0.05, 0.1) is 24.9 Å². The van der Waals surface area contributed by atoms with Gasteiger partial charge >= 0.3 is 0 Å². The molecule has 1 aromatic carbocycles. The van der Waals surface area contributed by atoms with Crippen molar-refractivity contribution < 1.29 is 4.74 Å². The number of benzene rings is 1. The fraction of sp³-hybridized carbons (Fsp3) is 0.500. The van der Waals surface area contributed by atoms with E-state index in [-0.39, 0.29) is 0 Å². The predicted molar refractivity (Wildman–Crippen MR) is 88.9 cm³/mol. The van der Waals surface area contributed by atoms with Gasteiger partial charge in [0, 0.05) is 51.5 Å². The third-order valence-electron chi connectivity index (χ3n) is 4.89. The number of nitrogens with zero attached hydrogens (tertiary/aromatic N) is 4. The Balaban J connectivity index is 1.42. The quantitative estimate of drug-likeness (QED) is 0.857. The van der Waals surface area contributed by atoms with Gasteiger partial charge < -0.3 is 4.74 Å². The van der Waals surface area contributed by atoms with E-state index in [1.54, 1.807) is 0 Å². The number of hydrogen-bond acceptors (Lipinski definition) is 4. The topological polar surface area (TPSA) is 33.5 Å². The highest BCUT2D eigenvalue weighted by Gasteiger charge is 2.39. The lowest BCUT2D eigenvalue weighted by Crippen LogP contribution is -2.50. The van der Waals surface area contributed by atoms with E-state index in [2.05, 4.69) is 51.4 Å². The molecule has 23 heavy (non-hydrogen) atoms. The van der Waals surface area contributed by atoms with Crippen molar-refractivity contribution in [2.75, 3.05) is 26.2 Å². The van der Waals surface area contributed by atoms with Crippen molar-refractivity contribution in [2.24, 2.45) is 7.05 Å². The molecule has 5 nitrogen and oxygen atoms in total. The van der Waals surface area contributed by atoms with Crippen LogP contribution in [0.1, 0.15) is 11.1 Å². The molecule has 5 heteroatoms. The summed E-state index contributed by atoms with van der Waals surface area (Å²) in [5.41, 5.74) is 2.67. The van der Waals surface area contributed by atoms with Crippen molar-refractivity contribution in [1.82, 2.24) is 19.6 Å². The van der Waals surface area contributed by atoms with Gasteiger partial charge in [-0.1, -0.05) is 30.3 Å². The molecule has 0 bridgehead atoms. The van der Waals surface area contributed by atoms with Crippen LogP contribution in [0.5, 0.6) is 0 Å². The van der Waals surface area contributed by atoms with Crippen LogP contribution in [0.3, 0.4) is 0 Å². The van der Waals surface area contributed by atoms with Crippen molar-refractivity contribution >= 4 is 0 Å². The molecule has 2 aliphatic rings. The standard InChI is InChI=1S/C18H24N4O/c1-20-10-16(9-19-20)11-21-13-17-18(14-21)23-8-7-22(17)12-15-5-3-2-4-6-15/h2-6,9-10,17-18H,7-8,11-14H2,1H3/t17-,18+/m0/s1. The minimum atomic E-state index is 0.337. The lowest BCUT2D eigenvalue weighted by Gasteiger charge is -2.37. The zero-order chi connectivity index (χ0) is 15.6. The Labute approximate surface area is 137 Å². The van der Waals surface area contributed by atoms with Gasteiger partial charge in [-0.3, -0.25) is 14.5 Å². The maximum absolute atomic E-state index is 6.04. The van der Waals surface area contributed by atoms with Gasteiger partial charge in [0.1, 0.15) is 0 Å². The SMILES string of the molecule is Cn1cc(CN2C[C@H]3OCCN(Cc4ccccc4)[C@H]3C2)cn1. The normalized spacial score (nSPS) is 25.6. The summed E-state index contributed by atoms with van der Waals surface area (Å²) in [6.45, 7) is 5.94. The van der Waals surface area contributed by atoms with E-state index in [1.807, 2.05) is 17.9 Å². The minimum absolute atomic E-state index is 0.337. The first-order chi connectivity index (χ1) is 11.3. The molecule has 0 spiro atoms. The van der Waals surface area contributed by atoms with E-state index in [1.165, 1.54) is 11.1 Å². The Morgan fingerprint density at radius 3 is 2.78 bits per heavy atom. The lowest BCUT2D eigenvalue weighted by molar-refractivity contribution is -0.0504. The summed E-state index contributed by atoms with van der Waals surface area (Å²) in [6.07, 6.45) is 4.40. The summed E-state index contributed by atoms with van der Waals surface area (Å²) in [6, 6.07) is 11.3. The molecule has 0 saturated carbocycles. The number of rotatable bonds is 4. The summed E-state index contributed by atoms with van der Waals surface area (Å²) in [4.78, 5) is 5.09. The third kappa shape index (κ3) is 3.32. The first-order valence-electron chi connectivity index (χ1n) is 8.37. The molecule has 0 unspecified atom stereocenters. The summed E-state index contributed by atoms with van der Waals surface area (Å²) < 4.78 is 7.91. The van der Waals surface area contributed by atoms with Crippen LogP contribution in [-0.4, -0.2) is 58.0 Å². The molecule has 2 aromatic rings. The molecule has 1 aromatic heterocycles. The Bertz CT molecular complexity index is 641. The molecule has 2 saturated heterocycles. The Kier molecular flexibility index (Phi) is 4.16. The Hall–Kier alpha value is -1.69. The summed E-state index contributed by atoms with van der Waals surface area (Å²) in [5, 5.41) is 4.27. The average molecular weight is 312 g/mol. The van der Waals surface area contributed by atoms with Crippen LogP contribution in [0, 0.1) is 0 Å². The second-order valence-corrected chi connectivity index (χ2v) is 6.65. The number of aryl methyl sites for hydroxylation is 1. The van der Waals surface area contributed by atoms with Crippen LogP contribution in [0.2, 0.25) is 0 Å². The molecule has 0 N–H and O–H groups in total. The molecule has 0 aliphatic carbocycles. The summed E-state index contributed by atoms with van der Waals surface area (Å²) in [7, 11) is 1.97. The summed E-state index contributed by atoms with van der Waals surface area (Å²) in [5.74, 6) is 0. The van der Waals surface area contributed by atoms with Crippen molar-refractivity contribution in [2.45, 2.75) is 25.2 Å². The minimum Gasteiger partial charge on any atom is -0.374 e. The van der Waals surface area contributed by atoms with Gasteiger partial charge in [0.2, 0.25) is 0 Å². The van der Waals surface area contributed by atoms with E-state index in [9.17, 15) is 0 Å². The van der Waals surface area contributed by atoms with E-state index in [4.69, 9.17) is 4.74 Å². The van der Waals surface area contributed by atoms with Crippen molar-refractivity contribution in [3.8, 4) is 0 Å². The van der Waals surface area contributed by atoms with Crippen molar-refractivity contribution in [1.29, 1.82) is 0 Å². The maximum Gasteiger partial charge on any atom is 0.0870 e. The highest BCUT2D eigenvalue weighted by molar-refractivity contribution is 5.15. The fourth-order valence-corrected chi connectivity index (χ4v) is 3.79. The summed E-state index contributed by atoms with van der Waals surface area (Å²) >= 11 is 0. The van der Waals surface area contributed by atoms with Crippen LogP contribution >= 0.6 is 0 Å². The molecule has 2 fully saturated rings. The van der Waals surface area contributed by atoms with Crippen LogP contribution < -0.4 is 0 Å². The smallest absolute Gasteiger partial charge is 0.0870 e. The van der Waals surface area contributed by atoms with Crippen molar-refractivity contribution in [3.05, 3.63) is 53.9 Å². The van der Waals surface area contributed by atoms with Crippen LogP contribution in [0.4, 0.5) is 0 Å². The number of aromatic nitrogens is 2. The van der Waals surface area contributed by atoms with Gasteiger partial charge in [0.15, 0.2) is 0 Å². The second kappa shape index (κ2) is 6.43. The largest absolute Gasteiger partial charge is 0.374 e. The first kappa shape index (κ1) is 14.9. The van der Waals surface area contributed by atoms with Crippen LogP contribution in [0.15, 0.2) is 42.7 Å². The van der Waals surface area contributed by atoms with Crippen molar-refractivity contribution in [3.63, 3.8) is 0 Å². The first-order valence-corrected chi connectivity index (χ1v) is 8.37. The predicted octanol–water partition coefficient (Wildman–Crippen LogP) is 1.51. The molecule has 122 valence electrons. The van der Waals surface area contributed by atoms with Gasteiger partial charge in [-0.15, -0.1) is 0 Å². The second-order valence-electron chi connectivity index (χ2n) is 6.65. The van der Waals surface area contributed by atoms with E-state index >= 15 is 0 Å². The maximum atomic E-state index is 6.04. The van der Waals surface area contributed by atoms with E-state index < -0.39 is 0 Å². The molecule has 2 atom stereocenters. The number of ether oxygens (including phenoxy) is 1. The van der Waals surface area contributed by atoms with Crippen LogP contribution in [0.25, 0.3) is 0 Å². The monoisotopic (exact) mass is 312 g/mol. The lowest BCUT2D eigenvalue weighted by atomic mass is 10.1. The van der Waals surface area contributed by atoms with Gasteiger partial charge in [-0.25, -0.2) is 0 Å². The zero-order valence-electron chi connectivity index (χ0n) is 13.6. The highest BCUT2D eigenvalue weighted by atomic mass is 16.5. The zero-order valence-corrected chi connectivity index (χ0v) is 13.6. The third-order valence-corrected chi connectivity index (χ3v) is 4.89. The molecule has 0 amide bonds. The Morgan fingerprint density at radius 1 is 1.13 bits per heavy atom. The number of fused-ring (bicyclic) bond motifs is 1. The molecule has 0 radical (unpaired) electrons. The van der Waals surface area contributed by atoms with Gasteiger partial charge in [-0.2, -0.15) is 5.10 Å². The molecule has 4 rings (SSSR count). The number of hydrogen-bond donors (Lipinski definition) is 0. The molecular formula is C18H24N4O. The fourth-order valence-electron chi connectivity index (χ4n) is 3.79. The number of morpholine rings is 1. The molecule has 2 aliphatic heterocycles. The molecule has 3 heterocycles. The van der Waals surface area contributed by atoms with E-state index in [0.29, 0.717) is 12.1 Å². The molecular weight excluding hydrogens is 288 g/mol. The van der Waals surface area contributed by atoms with Gasteiger partial charge in [-0.05, 0) is 5.56 Å². The average Bonchev–Trinajstić information content (AvgIpc) is 3.15.